The molecule has 2 heterocycles. The number of rotatable bonds is 6. The lowest BCUT2D eigenvalue weighted by Gasteiger charge is -2.33. The summed E-state index contributed by atoms with van der Waals surface area (Å²) in [4.78, 5) is 23.7. The van der Waals surface area contributed by atoms with E-state index >= 15 is 0 Å². The number of aliphatic hydroxyl groups is 1. The SMILES string of the molecule is CCNC(=O)Nc1ccc(-c2cc(-c3ccccc3CO)nc(N3CCOCC3C)n2)cc1. The Labute approximate surface area is 193 Å². The zero-order chi connectivity index (χ0) is 23.2. The third kappa shape index (κ3) is 5.30. The van der Waals surface area contributed by atoms with Crippen LogP contribution in [-0.4, -0.2) is 53.5 Å². The summed E-state index contributed by atoms with van der Waals surface area (Å²) < 4.78 is 5.59. The van der Waals surface area contributed by atoms with Crippen molar-refractivity contribution in [3.05, 3.63) is 60.2 Å². The van der Waals surface area contributed by atoms with E-state index in [4.69, 9.17) is 14.7 Å². The summed E-state index contributed by atoms with van der Waals surface area (Å²) in [5.74, 6) is 0.635. The van der Waals surface area contributed by atoms with Gasteiger partial charge in [0.15, 0.2) is 0 Å². The van der Waals surface area contributed by atoms with Crippen molar-refractivity contribution < 1.29 is 14.6 Å². The predicted molar refractivity (Wildman–Crippen MR) is 129 cm³/mol. The second-order valence-corrected chi connectivity index (χ2v) is 7.93. The number of amides is 2. The zero-order valence-corrected chi connectivity index (χ0v) is 18.9. The quantitative estimate of drug-likeness (QED) is 0.533. The molecule has 2 aromatic carbocycles. The third-order valence-corrected chi connectivity index (χ3v) is 5.58. The standard InChI is InChI=1S/C25H29N5O3/c1-3-26-25(32)27-20-10-8-18(9-11-20)22-14-23(21-7-5-4-6-19(21)15-31)29-24(28-22)30-12-13-33-16-17(30)2/h4-11,14,17,31H,3,12-13,15-16H2,1-2H3,(H2,26,27,32). The maximum absolute atomic E-state index is 11.8. The largest absolute Gasteiger partial charge is 0.392 e. The summed E-state index contributed by atoms with van der Waals surface area (Å²) >= 11 is 0. The number of anilines is 2. The highest BCUT2D eigenvalue weighted by Gasteiger charge is 2.23. The Hall–Kier alpha value is -3.49. The average Bonchev–Trinajstić information content (AvgIpc) is 2.84. The molecule has 8 heteroatoms. The highest BCUT2D eigenvalue weighted by molar-refractivity contribution is 5.89. The molecule has 0 radical (unpaired) electrons. The molecular weight excluding hydrogens is 418 g/mol. The van der Waals surface area contributed by atoms with Crippen LogP contribution in [0.1, 0.15) is 19.4 Å². The van der Waals surface area contributed by atoms with E-state index in [1.54, 1.807) is 0 Å². The summed E-state index contributed by atoms with van der Waals surface area (Å²) in [6.07, 6.45) is 0. The number of ether oxygens (including phenoxy) is 1. The number of hydrogen-bond donors (Lipinski definition) is 3. The van der Waals surface area contributed by atoms with E-state index in [-0.39, 0.29) is 18.7 Å². The second kappa shape index (κ2) is 10.4. The molecule has 1 aliphatic heterocycles. The Morgan fingerprint density at radius 3 is 2.64 bits per heavy atom. The van der Waals surface area contributed by atoms with Gasteiger partial charge >= 0.3 is 6.03 Å². The smallest absolute Gasteiger partial charge is 0.319 e. The molecule has 1 saturated heterocycles. The summed E-state index contributed by atoms with van der Waals surface area (Å²) in [6.45, 7) is 6.42. The first-order valence-corrected chi connectivity index (χ1v) is 11.2. The van der Waals surface area contributed by atoms with Gasteiger partial charge in [-0.15, -0.1) is 0 Å². The minimum Gasteiger partial charge on any atom is -0.392 e. The Morgan fingerprint density at radius 1 is 1.15 bits per heavy atom. The van der Waals surface area contributed by atoms with Crippen LogP contribution in [0.4, 0.5) is 16.4 Å². The predicted octanol–water partition coefficient (Wildman–Crippen LogP) is 3.67. The van der Waals surface area contributed by atoms with E-state index in [9.17, 15) is 9.90 Å². The number of aromatic nitrogens is 2. The molecule has 1 aromatic heterocycles. The fourth-order valence-corrected chi connectivity index (χ4v) is 3.84. The van der Waals surface area contributed by atoms with Crippen LogP contribution in [-0.2, 0) is 11.3 Å². The third-order valence-electron chi connectivity index (χ3n) is 5.58. The van der Waals surface area contributed by atoms with E-state index < -0.39 is 0 Å². The first-order valence-electron chi connectivity index (χ1n) is 11.2. The lowest BCUT2D eigenvalue weighted by molar-refractivity contribution is 0.0981. The van der Waals surface area contributed by atoms with Crippen LogP contribution in [0.25, 0.3) is 22.5 Å². The fraction of sp³-hybridized carbons (Fsp3) is 0.320. The highest BCUT2D eigenvalue weighted by atomic mass is 16.5. The Bertz CT molecular complexity index is 1100. The number of carbonyl (C=O) groups excluding carboxylic acids is 1. The van der Waals surface area contributed by atoms with Gasteiger partial charge in [0.25, 0.3) is 0 Å². The minimum absolute atomic E-state index is 0.0704. The fourth-order valence-electron chi connectivity index (χ4n) is 3.84. The molecule has 0 bridgehead atoms. The van der Waals surface area contributed by atoms with Crippen LogP contribution in [0, 0.1) is 0 Å². The van der Waals surface area contributed by atoms with Gasteiger partial charge in [0.2, 0.25) is 5.95 Å². The van der Waals surface area contributed by atoms with Gasteiger partial charge < -0.3 is 25.4 Å². The van der Waals surface area contributed by atoms with Gasteiger partial charge in [-0.1, -0.05) is 36.4 Å². The molecule has 1 aliphatic rings. The first-order chi connectivity index (χ1) is 16.1. The van der Waals surface area contributed by atoms with Gasteiger partial charge in [-0.05, 0) is 37.6 Å². The number of benzene rings is 2. The van der Waals surface area contributed by atoms with Gasteiger partial charge in [-0.3, -0.25) is 0 Å². The maximum Gasteiger partial charge on any atom is 0.319 e. The van der Waals surface area contributed by atoms with E-state index in [0.717, 1.165) is 28.1 Å². The summed E-state index contributed by atoms with van der Waals surface area (Å²) in [7, 11) is 0. The van der Waals surface area contributed by atoms with Crippen LogP contribution in [0.2, 0.25) is 0 Å². The average molecular weight is 448 g/mol. The maximum atomic E-state index is 11.8. The van der Waals surface area contributed by atoms with Crippen LogP contribution in [0.15, 0.2) is 54.6 Å². The van der Waals surface area contributed by atoms with Crippen LogP contribution in [0.3, 0.4) is 0 Å². The van der Waals surface area contributed by atoms with Crippen molar-refractivity contribution in [2.45, 2.75) is 26.5 Å². The van der Waals surface area contributed by atoms with Crippen LogP contribution >= 0.6 is 0 Å². The number of nitrogens with one attached hydrogen (secondary N) is 2. The Morgan fingerprint density at radius 2 is 1.91 bits per heavy atom. The Kier molecular flexibility index (Phi) is 7.16. The van der Waals surface area contributed by atoms with Gasteiger partial charge in [-0.25, -0.2) is 14.8 Å². The van der Waals surface area contributed by atoms with E-state index in [1.807, 2.05) is 61.5 Å². The molecule has 3 aromatic rings. The number of aliphatic hydroxyl groups excluding tert-OH is 1. The summed E-state index contributed by atoms with van der Waals surface area (Å²) in [5.41, 5.74) is 4.81. The van der Waals surface area contributed by atoms with Crippen molar-refractivity contribution in [3.63, 3.8) is 0 Å². The molecule has 2 amide bonds. The summed E-state index contributed by atoms with van der Waals surface area (Å²) in [6, 6.07) is 17.1. The number of carbonyl (C=O) groups is 1. The normalized spacial score (nSPS) is 15.8. The lowest BCUT2D eigenvalue weighted by Crippen LogP contribution is -2.44. The molecule has 172 valence electrons. The molecule has 1 atom stereocenters. The Balaban J connectivity index is 1.74. The topological polar surface area (TPSA) is 99.6 Å². The van der Waals surface area contributed by atoms with Crippen molar-refractivity contribution in [1.29, 1.82) is 0 Å². The molecule has 0 aliphatic carbocycles. The first kappa shape index (κ1) is 22.7. The molecule has 0 spiro atoms. The van der Waals surface area contributed by atoms with Crippen molar-refractivity contribution >= 4 is 17.7 Å². The highest BCUT2D eigenvalue weighted by Crippen LogP contribution is 2.30. The minimum atomic E-state index is -0.237. The lowest BCUT2D eigenvalue weighted by atomic mass is 10.0. The van der Waals surface area contributed by atoms with Crippen molar-refractivity contribution in [2.75, 3.05) is 36.5 Å². The van der Waals surface area contributed by atoms with Crippen LogP contribution < -0.4 is 15.5 Å². The molecule has 4 rings (SSSR count). The van der Waals surface area contributed by atoms with Crippen LogP contribution in [0.5, 0.6) is 0 Å². The van der Waals surface area contributed by atoms with E-state index in [0.29, 0.717) is 37.9 Å². The van der Waals surface area contributed by atoms with E-state index in [1.165, 1.54) is 0 Å². The number of hydrogen-bond acceptors (Lipinski definition) is 6. The van der Waals surface area contributed by atoms with Crippen molar-refractivity contribution in [3.8, 4) is 22.5 Å². The molecular formula is C25H29N5O3. The molecule has 1 unspecified atom stereocenters. The number of morpholine rings is 1. The van der Waals surface area contributed by atoms with Gasteiger partial charge in [0.1, 0.15) is 0 Å². The van der Waals surface area contributed by atoms with Crippen molar-refractivity contribution in [1.82, 2.24) is 15.3 Å². The zero-order valence-electron chi connectivity index (χ0n) is 18.9. The van der Waals surface area contributed by atoms with Gasteiger partial charge in [-0.2, -0.15) is 0 Å². The van der Waals surface area contributed by atoms with Gasteiger partial charge in [0, 0.05) is 29.9 Å². The molecule has 33 heavy (non-hydrogen) atoms. The number of urea groups is 1. The summed E-state index contributed by atoms with van der Waals surface area (Å²) in [5, 5.41) is 15.4. The molecule has 8 nitrogen and oxygen atoms in total. The van der Waals surface area contributed by atoms with E-state index in [2.05, 4.69) is 22.5 Å². The molecule has 3 N–H and O–H groups in total. The molecule has 0 saturated carbocycles. The second-order valence-electron chi connectivity index (χ2n) is 7.93. The number of nitrogens with zero attached hydrogens (tertiary/aromatic N) is 3. The van der Waals surface area contributed by atoms with Crippen molar-refractivity contribution in [2.24, 2.45) is 0 Å². The monoisotopic (exact) mass is 447 g/mol. The molecule has 1 fully saturated rings. The van der Waals surface area contributed by atoms with Gasteiger partial charge in [0.05, 0.1) is 37.3 Å².